The number of hydrogen-bond acceptors (Lipinski definition) is 9. The number of carbonyl (C=O) groups excluding carboxylic acids is 2. The molecule has 0 aliphatic carbocycles. The number of carbonyl (C=O) groups is 3. The van der Waals surface area contributed by atoms with Gasteiger partial charge in [0.15, 0.2) is 5.82 Å². The Bertz CT molecular complexity index is 1950. The van der Waals surface area contributed by atoms with Crippen LogP contribution in [0.3, 0.4) is 0 Å². The van der Waals surface area contributed by atoms with E-state index in [1.807, 2.05) is 19.9 Å². The van der Waals surface area contributed by atoms with E-state index in [9.17, 15) is 19.5 Å². The molecule has 46 heavy (non-hydrogen) atoms. The molecule has 0 radical (unpaired) electrons. The zero-order chi connectivity index (χ0) is 33.1. The lowest BCUT2D eigenvalue weighted by Gasteiger charge is -2.29. The zero-order valence-corrected chi connectivity index (χ0v) is 26.1. The summed E-state index contributed by atoms with van der Waals surface area (Å²) in [6.45, 7) is 10.6. The molecular weight excluding hydrogens is 597 g/mol. The first-order valence-corrected chi connectivity index (χ1v) is 14.5. The molecule has 0 bridgehead atoms. The van der Waals surface area contributed by atoms with Gasteiger partial charge in [-0.1, -0.05) is 0 Å². The Hall–Kier alpha value is -5.46. The number of anilines is 4. The fourth-order valence-electron chi connectivity index (χ4n) is 5.65. The maximum absolute atomic E-state index is 16.5. The summed E-state index contributed by atoms with van der Waals surface area (Å²) < 4.78 is 33.0. The van der Waals surface area contributed by atoms with Gasteiger partial charge >= 0.3 is 18.2 Å². The van der Waals surface area contributed by atoms with Crippen molar-refractivity contribution in [3.05, 3.63) is 65.2 Å². The number of fused-ring (bicyclic) bond motifs is 3. The van der Waals surface area contributed by atoms with Gasteiger partial charge in [-0.2, -0.15) is 0 Å². The van der Waals surface area contributed by atoms with Gasteiger partial charge in [-0.15, -0.1) is 0 Å². The number of ether oxygens (including phenoxy) is 3. The third-order valence-corrected chi connectivity index (χ3v) is 7.71. The van der Waals surface area contributed by atoms with Crippen molar-refractivity contribution in [2.45, 2.75) is 52.7 Å². The van der Waals surface area contributed by atoms with Crippen molar-refractivity contribution in [3.8, 4) is 17.0 Å². The quantitative estimate of drug-likeness (QED) is 0.199. The number of aromatic nitrogens is 2. The topological polar surface area (TPSA) is 152 Å². The summed E-state index contributed by atoms with van der Waals surface area (Å²) in [6.07, 6.45) is 0.789. The Morgan fingerprint density at radius 3 is 2.57 bits per heavy atom. The van der Waals surface area contributed by atoms with E-state index in [-0.39, 0.29) is 41.9 Å². The number of halogens is 1. The third-order valence-electron chi connectivity index (χ3n) is 7.71. The summed E-state index contributed by atoms with van der Waals surface area (Å²) in [5.74, 6) is -0.639. The number of carboxylic acid groups (broad SMARTS) is 1. The molecule has 13 heteroatoms. The van der Waals surface area contributed by atoms with Crippen LogP contribution in [0.5, 0.6) is 5.88 Å². The minimum absolute atomic E-state index is 0.0642. The lowest BCUT2D eigenvalue weighted by Crippen LogP contribution is -2.37. The summed E-state index contributed by atoms with van der Waals surface area (Å²) in [5, 5.41) is 16.4. The lowest BCUT2D eigenvalue weighted by molar-refractivity contribution is 0.00951. The number of rotatable bonds is 4. The van der Waals surface area contributed by atoms with Gasteiger partial charge in [-0.05, 0) is 82.8 Å². The van der Waals surface area contributed by atoms with Crippen LogP contribution in [0.1, 0.15) is 56.1 Å². The van der Waals surface area contributed by atoms with Crippen LogP contribution in [0.2, 0.25) is 0 Å². The van der Waals surface area contributed by atoms with E-state index in [0.29, 0.717) is 39.0 Å². The number of pyridine rings is 2. The number of hydrogen-bond donors (Lipinski definition) is 3. The van der Waals surface area contributed by atoms with E-state index in [0.717, 1.165) is 10.5 Å². The largest absolute Gasteiger partial charge is 0.474 e. The van der Waals surface area contributed by atoms with Crippen LogP contribution in [0, 0.1) is 12.7 Å². The van der Waals surface area contributed by atoms with E-state index in [4.69, 9.17) is 14.2 Å². The average Bonchev–Trinajstić information content (AvgIpc) is 3.20. The number of benzene rings is 2. The molecule has 0 atom stereocenters. The highest BCUT2D eigenvalue weighted by Gasteiger charge is 2.38. The van der Waals surface area contributed by atoms with Crippen molar-refractivity contribution in [3.63, 3.8) is 0 Å². The number of nitrogens with zero attached hydrogens (tertiary/aromatic N) is 3. The van der Waals surface area contributed by atoms with Crippen molar-refractivity contribution < 1.29 is 38.1 Å². The molecule has 0 fully saturated rings. The molecule has 2 aliphatic rings. The summed E-state index contributed by atoms with van der Waals surface area (Å²) in [6, 6.07) is 8.50. The van der Waals surface area contributed by atoms with Crippen molar-refractivity contribution >= 4 is 51.8 Å². The summed E-state index contributed by atoms with van der Waals surface area (Å²) in [4.78, 5) is 47.0. The first-order valence-electron chi connectivity index (χ1n) is 14.5. The van der Waals surface area contributed by atoms with Crippen LogP contribution in [0.4, 0.5) is 36.9 Å². The highest BCUT2D eigenvalue weighted by atomic mass is 19.1. The first kappa shape index (κ1) is 30.6. The monoisotopic (exact) mass is 629 g/mol. The van der Waals surface area contributed by atoms with Gasteiger partial charge < -0.3 is 24.6 Å². The minimum atomic E-state index is -1.19. The highest BCUT2D eigenvalue weighted by molar-refractivity contribution is 6.04. The standard InChI is InChI=1S/C33H32FN5O7/c1-16-21(14-36-28-27(16)39(31(42)43)9-10-44-28)20-11-17-12-24(37-18-7-8-19-23(13-18)33(5,6)45-29(19)40)35-15-22(17)26(25(20)34)38-30(41)46-32(2,3)4/h7-8,11-15H,9-10H2,1-6H3,(H,35,37)(H,38,41)(H,42,43). The maximum atomic E-state index is 16.5. The van der Waals surface area contributed by atoms with Gasteiger partial charge in [-0.3, -0.25) is 10.2 Å². The van der Waals surface area contributed by atoms with Gasteiger partial charge in [0, 0.05) is 40.2 Å². The molecule has 0 saturated heterocycles. The minimum Gasteiger partial charge on any atom is -0.474 e. The Morgan fingerprint density at radius 2 is 1.85 bits per heavy atom. The highest BCUT2D eigenvalue weighted by Crippen LogP contribution is 2.43. The number of esters is 1. The van der Waals surface area contributed by atoms with Gasteiger partial charge in [0.1, 0.15) is 29.3 Å². The van der Waals surface area contributed by atoms with E-state index in [1.54, 1.807) is 52.0 Å². The Labute approximate surface area is 263 Å². The van der Waals surface area contributed by atoms with E-state index in [1.165, 1.54) is 12.4 Å². The number of cyclic esters (lactones) is 1. The molecule has 0 saturated carbocycles. The van der Waals surface area contributed by atoms with E-state index < -0.39 is 29.2 Å². The van der Waals surface area contributed by atoms with Gasteiger partial charge in [0.05, 0.1) is 17.8 Å². The molecule has 6 rings (SSSR count). The van der Waals surface area contributed by atoms with Crippen LogP contribution in [-0.4, -0.2) is 52.0 Å². The second-order valence-corrected chi connectivity index (χ2v) is 12.5. The molecule has 2 aliphatic heterocycles. The average molecular weight is 630 g/mol. The molecule has 0 unspecified atom stereocenters. The first-order chi connectivity index (χ1) is 21.6. The van der Waals surface area contributed by atoms with Crippen molar-refractivity contribution in [2.24, 2.45) is 0 Å². The Balaban J connectivity index is 1.48. The summed E-state index contributed by atoms with van der Waals surface area (Å²) in [7, 11) is 0. The van der Waals surface area contributed by atoms with Crippen LogP contribution in [0.25, 0.3) is 21.9 Å². The molecular formula is C33H32FN5O7. The molecule has 3 N–H and O–H groups in total. The van der Waals surface area contributed by atoms with Crippen LogP contribution in [0.15, 0.2) is 42.7 Å². The molecule has 4 aromatic rings. The third kappa shape index (κ3) is 5.48. The van der Waals surface area contributed by atoms with Crippen molar-refractivity contribution in [2.75, 3.05) is 28.7 Å². The fourth-order valence-corrected chi connectivity index (χ4v) is 5.65. The van der Waals surface area contributed by atoms with Gasteiger partial charge in [0.2, 0.25) is 5.88 Å². The molecule has 238 valence electrons. The molecule has 2 aromatic heterocycles. The fraction of sp³-hybridized carbons (Fsp3) is 0.303. The lowest BCUT2D eigenvalue weighted by atomic mass is 9.95. The number of nitrogens with one attached hydrogen (secondary N) is 2. The predicted molar refractivity (Wildman–Crippen MR) is 169 cm³/mol. The normalized spacial score (nSPS) is 15.0. The molecule has 12 nitrogen and oxygen atoms in total. The Kier molecular flexibility index (Phi) is 7.21. The molecule has 4 heterocycles. The predicted octanol–water partition coefficient (Wildman–Crippen LogP) is 7.12. The number of amides is 2. The van der Waals surface area contributed by atoms with Crippen LogP contribution in [-0.2, 0) is 15.1 Å². The molecule has 0 spiro atoms. The molecule has 2 aromatic carbocycles. The van der Waals surface area contributed by atoms with Crippen molar-refractivity contribution in [1.29, 1.82) is 0 Å². The zero-order valence-electron chi connectivity index (χ0n) is 26.1. The summed E-state index contributed by atoms with van der Waals surface area (Å²) in [5.41, 5.74) is 1.07. The van der Waals surface area contributed by atoms with E-state index in [2.05, 4.69) is 20.6 Å². The molecule has 2 amide bonds. The summed E-state index contributed by atoms with van der Waals surface area (Å²) >= 11 is 0. The maximum Gasteiger partial charge on any atom is 0.412 e. The van der Waals surface area contributed by atoms with Gasteiger partial charge in [-0.25, -0.2) is 28.7 Å². The Morgan fingerprint density at radius 1 is 1.09 bits per heavy atom. The van der Waals surface area contributed by atoms with Crippen molar-refractivity contribution in [1.82, 2.24) is 9.97 Å². The van der Waals surface area contributed by atoms with E-state index >= 15 is 4.39 Å². The van der Waals surface area contributed by atoms with Crippen LogP contribution >= 0.6 is 0 Å². The van der Waals surface area contributed by atoms with Gasteiger partial charge in [0.25, 0.3) is 0 Å². The smallest absolute Gasteiger partial charge is 0.412 e. The van der Waals surface area contributed by atoms with Crippen LogP contribution < -0.4 is 20.3 Å². The second kappa shape index (κ2) is 10.9. The SMILES string of the molecule is Cc1c(-c2cc3cc(Nc4ccc5c(c4)C(C)(C)OC5=O)ncc3c(NC(=O)OC(C)(C)C)c2F)cnc2c1N(C(=O)O)CCO2. The second-order valence-electron chi connectivity index (χ2n) is 12.5.